The predicted octanol–water partition coefficient (Wildman–Crippen LogP) is 5.00. The van der Waals surface area contributed by atoms with Gasteiger partial charge in [-0.3, -0.25) is 4.98 Å². The molecule has 2 aliphatic carbocycles. The summed E-state index contributed by atoms with van der Waals surface area (Å²) in [7, 11) is 1.74. The lowest BCUT2D eigenvalue weighted by atomic mass is 10.1. The Hall–Kier alpha value is -3.78. The summed E-state index contributed by atoms with van der Waals surface area (Å²) in [5.41, 5.74) is 5.37. The molecular weight excluding hydrogens is 462 g/mol. The summed E-state index contributed by atoms with van der Waals surface area (Å²) < 4.78 is 5.67. The number of piperazine rings is 1. The Kier molecular flexibility index (Phi) is 5.61. The minimum atomic E-state index is 0.576. The molecule has 0 spiro atoms. The number of anilines is 3. The van der Waals surface area contributed by atoms with Crippen molar-refractivity contribution in [2.45, 2.75) is 37.5 Å². The predicted molar refractivity (Wildman–Crippen MR) is 146 cm³/mol. The molecule has 1 aliphatic heterocycles. The van der Waals surface area contributed by atoms with Crippen molar-refractivity contribution >= 4 is 28.2 Å². The second kappa shape index (κ2) is 9.27. The van der Waals surface area contributed by atoms with Gasteiger partial charge >= 0.3 is 0 Å². The molecule has 0 bridgehead atoms. The molecule has 0 unspecified atom stereocenters. The maximum Gasteiger partial charge on any atom is 0.162 e. The van der Waals surface area contributed by atoms with Crippen molar-refractivity contribution < 1.29 is 4.74 Å². The van der Waals surface area contributed by atoms with Crippen LogP contribution < -0.4 is 20.3 Å². The molecule has 3 aliphatic rings. The van der Waals surface area contributed by atoms with Crippen LogP contribution >= 0.6 is 0 Å². The van der Waals surface area contributed by atoms with Crippen LogP contribution in [0.15, 0.2) is 48.9 Å². The van der Waals surface area contributed by atoms with Crippen LogP contribution in [0.1, 0.15) is 48.6 Å². The lowest BCUT2D eigenvalue weighted by Crippen LogP contribution is -2.44. The number of rotatable bonds is 7. The summed E-state index contributed by atoms with van der Waals surface area (Å²) in [6, 6.07) is 10.3. The summed E-state index contributed by atoms with van der Waals surface area (Å²) in [4.78, 5) is 21.7. The Morgan fingerprint density at radius 3 is 2.54 bits per heavy atom. The summed E-state index contributed by atoms with van der Waals surface area (Å²) in [6.45, 7) is 3.77. The minimum Gasteiger partial charge on any atom is -0.496 e. The highest BCUT2D eigenvalue weighted by atomic mass is 16.5. The van der Waals surface area contributed by atoms with Crippen molar-refractivity contribution in [1.29, 1.82) is 0 Å². The highest BCUT2D eigenvalue weighted by molar-refractivity contribution is 5.94. The fourth-order valence-electron chi connectivity index (χ4n) is 5.33. The lowest BCUT2D eigenvalue weighted by molar-refractivity contribution is 0.410. The number of nitrogens with one attached hydrogen (secondary N) is 2. The van der Waals surface area contributed by atoms with Gasteiger partial charge in [-0.2, -0.15) is 0 Å². The van der Waals surface area contributed by atoms with Crippen LogP contribution in [0.4, 0.5) is 17.3 Å². The molecule has 7 rings (SSSR count). The van der Waals surface area contributed by atoms with E-state index in [1.54, 1.807) is 7.11 Å². The fourth-order valence-corrected chi connectivity index (χ4v) is 5.33. The molecule has 8 nitrogen and oxygen atoms in total. The number of pyridine rings is 2. The Labute approximate surface area is 216 Å². The van der Waals surface area contributed by atoms with Crippen molar-refractivity contribution in [3.8, 4) is 17.1 Å². The SMILES string of the molecule is COc1cc(Nc2cc(-c3nc(N4CCNCC4)c4c(C5CC5)cncc4n3)ccn2)ccc1C1CC1. The zero-order chi connectivity index (χ0) is 24.8. The Morgan fingerprint density at radius 2 is 1.76 bits per heavy atom. The summed E-state index contributed by atoms with van der Waals surface area (Å²) in [6.07, 6.45) is 10.6. The van der Waals surface area contributed by atoms with E-state index in [4.69, 9.17) is 14.7 Å². The third kappa shape index (κ3) is 4.46. The van der Waals surface area contributed by atoms with E-state index >= 15 is 0 Å². The number of methoxy groups -OCH3 is 1. The summed E-state index contributed by atoms with van der Waals surface area (Å²) in [5.74, 6) is 4.61. The molecule has 4 heterocycles. The van der Waals surface area contributed by atoms with Gasteiger partial charge in [-0.15, -0.1) is 0 Å². The molecule has 0 radical (unpaired) electrons. The molecule has 0 amide bonds. The average Bonchev–Trinajstić information content (AvgIpc) is 3.87. The molecule has 188 valence electrons. The van der Waals surface area contributed by atoms with Gasteiger partial charge in [0, 0.05) is 61.3 Å². The highest BCUT2D eigenvalue weighted by Gasteiger charge is 2.29. The first-order valence-corrected chi connectivity index (χ1v) is 13.3. The molecular formula is C29H31N7O. The van der Waals surface area contributed by atoms with Gasteiger partial charge < -0.3 is 20.3 Å². The first-order chi connectivity index (χ1) is 18.3. The number of ether oxygens (including phenoxy) is 1. The van der Waals surface area contributed by atoms with Crippen molar-refractivity contribution in [1.82, 2.24) is 25.3 Å². The van der Waals surface area contributed by atoms with Gasteiger partial charge in [0.05, 0.1) is 18.8 Å². The van der Waals surface area contributed by atoms with Gasteiger partial charge in [0.15, 0.2) is 5.82 Å². The molecule has 8 heteroatoms. The van der Waals surface area contributed by atoms with Gasteiger partial charge in [0.2, 0.25) is 0 Å². The van der Waals surface area contributed by atoms with E-state index in [-0.39, 0.29) is 0 Å². The monoisotopic (exact) mass is 493 g/mol. The first kappa shape index (κ1) is 22.4. The molecule has 0 atom stereocenters. The van der Waals surface area contributed by atoms with Crippen molar-refractivity contribution in [2.75, 3.05) is 43.5 Å². The molecule has 2 N–H and O–H groups in total. The van der Waals surface area contributed by atoms with Gasteiger partial charge in [-0.1, -0.05) is 6.07 Å². The Bertz CT molecular complexity index is 1460. The third-order valence-corrected chi connectivity index (χ3v) is 7.59. The zero-order valence-corrected chi connectivity index (χ0v) is 21.1. The van der Waals surface area contributed by atoms with E-state index in [0.717, 1.165) is 60.3 Å². The standard InChI is InChI=1S/C29H31N7O/c1-37-25-15-21(6-7-22(25)18-2-3-18)33-26-14-20(8-9-32-26)28-34-24-17-31-16-23(19-4-5-19)27(24)29(35-28)36-12-10-30-11-13-36/h6-9,14-19,30H,2-5,10-13H2,1H3,(H,32,33). The van der Waals surface area contributed by atoms with E-state index < -0.39 is 0 Å². The maximum atomic E-state index is 5.67. The molecule has 3 aromatic heterocycles. The largest absolute Gasteiger partial charge is 0.496 e. The van der Waals surface area contributed by atoms with Crippen molar-refractivity contribution in [2.24, 2.45) is 0 Å². The molecule has 37 heavy (non-hydrogen) atoms. The molecule has 1 aromatic carbocycles. The van der Waals surface area contributed by atoms with Gasteiger partial charge in [-0.05, 0) is 66.8 Å². The molecule has 1 saturated heterocycles. The van der Waals surface area contributed by atoms with E-state index in [1.807, 2.05) is 30.7 Å². The number of fused-ring (bicyclic) bond motifs is 1. The number of nitrogens with zero attached hydrogens (tertiary/aromatic N) is 5. The quantitative estimate of drug-likeness (QED) is 0.372. The second-order valence-electron chi connectivity index (χ2n) is 10.3. The molecule has 4 aromatic rings. The molecule has 2 saturated carbocycles. The number of aromatic nitrogens is 4. The smallest absolute Gasteiger partial charge is 0.162 e. The van der Waals surface area contributed by atoms with Crippen LogP contribution in [0.3, 0.4) is 0 Å². The molecule has 3 fully saturated rings. The number of benzene rings is 1. The van der Waals surface area contributed by atoms with E-state index in [0.29, 0.717) is 17.7 Å². The normalized spacial score (nSPS) is 17.7. The van der Waals surface area contributed by atoms with Gasteiger partial charge in [-0.25, -0.2) is 15.0 Å². The van der Waals surface area contributed by atoms with Gasteiger partial charge in [0.1, 0.15) is 17.4 Å². The second-order valence-corrected chi connectivity index (χ2v) is 10.3. The van der Waals surface area contributed by atoms with Crippen LogP contribution in [0.2, 0.25) is 0 Å². The third-order valence-electron chi connectivity index (χ3n) is 7.59. The fraction of sp³-hybridized carbons (Fsp3) is 0.379. The minimum absolute atomic E-state index is 0.576. The zero-order valence-electron chi connectivity index (χ0n) is 21.1. The van der Waals surface area contributed by atoms with Crippen molar-refractivity contribution in [3.63, 3.8) is 0 Å². The van der Waals surface area contributed by atoms with Crippen molar-refractivity contribution in [3.05, 3.63) is 60.0 Å². The average molecular weight is 494 g/mol. The van der Waals surface area contributed by atoms with Gasteiger partial charge in [0.25, 0.3) is 0 Å². The van der Waals surface area contributed by atoms with E-state index in [2.05, 4.69) is 43.7 Å². The highest BCUT2D eigenvalue weighted by Crippen LogP contribution is 2.46. The van der Waals surface area contributed by atoms with E-state index in [1.165, 1.54) is 42.2 Å². The number of hydrogen-bond acceptors (Lipinski definition) is 8. The van der Waals surface area contributed by atoms with Crippen LogP contribution in [0.25, 0.3) is 22.3 Å². The van der Waals surface area contributed by atoms with Crippen LogP contribution in [-0.4, -0.2) is 53.2 Å². The lowest BCUT2D eigenvalue weighted by Gasteiger charge is -2.30. The first-order valence-electron chi connectivity index (χ1n) is 13.3. The summed E-state index contributed by atoms with van der Waals surface area (Å²) in [5, 5.41) is 8.07. The Morgan fingerprint density at radius 1 is 0.946 bits per heavy atom. The van der Waals surface area contributed by atoms with Crippen LogP contribution in [0.5, 0.6) is 5.75 Å². The Balaban J connectivity index is 1.26. The summed E-state index contributed by atoms with van der Waals surface area (Å²) >= 11 is 0. The topological polar surface area (TPSA) is 88.1 Å². The van der Waals surface area contributed by atoms with Crippen LogP contribution in [-0.2, 0) is 0 Å². The van der Waals surface area contributed by atoms with Crippen LogP contribution in [0, 0.1) is 0 Å². The number of hydrogen-bond donors (Lipinski definition) is 2. The van der Waals surface area contributed by atoms with E-state index in [9.17, 15) is 0 Å². The maximum absolute atomic E-state index is 5.67.